The Kier molecular flexibility index (Phi) is 3.94. The zero-order valence-electron chi connectivity index (χ0n) is 8.69. The topological polar surface area (TPSA) is 23.9 Å². The summed E-state index contributed by atoms with van der Waals surface area (Å²) in [6.07, 6.45) is 9.80. The zero-order valence-corrected chi connectivity index (χ0v) is 8.69. The number of hydrogen-bond acceptors (Lipinski definition) is 1. The van der Waals surface area contributed by atoms with Crippen LogP contribution in [0.2, 0.25) is 0 Å². The smallest absolute Gasteiger partial charge is 0.0385 e. The second-order valence-corrected chi connectivity index (χ2v) is 3.51. The van der Waals surface area contributed by atoms with Gasteiger partial charge in [-0.1, -0.05) is 31.6 Å². The van der Waals surface area contributed by atoms with E-state index in [1.54, 1.807) is 0 Å². The Labute approximate surface area is 81.1 Å². The van der Waals surface area contributed by atoms with Crippen LogP contribution in [0, 0.1) is 5.41 Å². The Morgan fingerprint density at radius 1 is 1.31 bits per heavy atom. The van der Waals surface area contributed by atoms with E-state index in [9.17, 15) is 0 Å². The molecule has 1 heteroatoms. The van der Waals surface area contributed by atoms with Crippen molar-refractivity contribution >= 4 is 5.71 Å². The van der Waals surface area contributed by atoms with Gasteiger partial charge in [-0.05, 0) is 37.7 Å². The van der Waals surface area contributed by atoms with Gasteiger partial charge in [0, 0.05) is 5.71 Å². The van der Waals surface area contributed by atoms with Gasteiger partial charge in [-0.2, -0.15) is 0 Å². The lowest BCUT2D eigenvalue weighted by Crippen LogP contribution is -2.08. The van der Waals surface area contributed by atoms with Crippen molar-refractivity contribution in [3.05, 3.63) is 23.3 Å². The van der Waals surface area contributed by atoms with Crippen LogP contribution in [0.25, 0.3) is 0 Å². The SMILES string of the molecule is CC/C=C\C1=C(CC)CCCC1=N. The fourth-order valence-electron chi connectivity index (χ4n) is 1.78. The van der Waals surface area contributed by atoms with Crippen molar-refractivity contribution < 1.29 is 0 Å². The van der Waals surface area contributed by atoms with Crippen molar-refractivity contribution in [3.8, 4) is 0 Å². The predicted molar refractivity (Wildman–Crippen MR) is 58.3 cm³/mol. The number of nitrogens with one attached hydrogen (secondary N) is 1. The normalized spacial score (nSPS) is 18.8. The third-order valence-electron chi connectivity index (χ3n) is 2.56. The van der Waals surface area contributed by atoms with E-state index in [0.29, 0.717) is 0 Å². The molecule has 1 aliphatic carbocycles. The highest BCUT2D eigenvalue weighted by Gasteiger charge is 2.13. The summed E-state index contributed by atoms with van der Waals surface area (Å²) in [4.78, 5) is 0. The van der Waals surface area contributed by atoms with Gasteiger partial charge < -0.3 is 5.41 Å². The summed E-state index contributed by atoms with van der Waals surface area (Å²) >= 11 is 0. The first kappa shape index (κ1) is 10.2. The maximum Gasteiger partial charge on any atom is 0.0385 e. The third kappa shape index (κ3) is 2.55. The molecule has 0 aromatic carbocycles. The summed E-state index contributed by atoms with van der Waals surface area (Å²) in [7, 11) is 0. The Morgan fingerprint density at radius 3 is 2.69 bits per heavy atom. The summed E-state index contributed by atoms with van der Waals surface area (Å²) in [5.41, 5.74) is 3.53. The molecule has 72 valence electrons. The van der Waals surface area contributed by atoms with Gasteiger partial charge in [-0.3, -0.25) is 0 Å². The molecule has 1 N–H and O–H groups in total. The van der Waals surface area contributed by atoms with Gasteiger partial charge in [-0.25, -0.2) is 0 Å². The van der Waals surface area contributed by atoms with Gasteiger partial charge in [0.05, 0.1) is 0 Å². The minimum absolute atomic E-state index is 0.841. The molecule has 1 rings (SSSR count). The van der Waals surface area contributed by atoms with Gasteiger partial charge in [0.1, 0.15) is 0 Å². The highest BCUT2D eigenvalue weighted by atomic mass is 14.4. The van der Waals surface area contributed by atoms with Crippen molar-refractivity contribution in [3.63, 3.8) is 0 Å². The average molecular weight is 177 g/mol. The van der Waals surface area contributed by atoms with Crippen LogP contribution in [0.1, 0.15) is 46.0 Å². The van der Waals surface area contributed by atoms with Gasteiger partial charge in [-0.15, -0.1) is 0 Å². The van der Waals surface area contributed by atoms with E-state index in [1.807, 2.05) is 0 Å². The Morgan fingerprint density at radius 2 is 2.08 bits per heavy atom. The van der Waals surface area contributed by atoms with Crippen LogP contribution >= 0.6 is 0 Å². The molecule has 0 saturated heterocycles. The highest BCUT2D eigenvalue weighted by Crippen LogP contribution is 2.25. The first-order valence-electron chi connectivity index (χ1n) is 5.26. The largest absolute Gasteiger partial charge is 0.305 e. The number of rotatable bonds is 3. The van der Waals surface area contributed by atoms with E-state index in [2.05, 4.69) is 26.0 Å². The Bertz CT molecular complexity index is 246. The quantitative estimate of drug-likeness (QED) is 0.676. The molecule has 1 nitrogen and oxygen atoms in total. The van der Waals surface area contributed by atoms with Crippen molar-refractivity contribution in [2.45, 2.75) is 46.0 Å². The van der Waals surface area contributed by atoms with E-state index in [4.69, 9.17) is 5.41 Å². The number of allylic oxidation sites excluding steroid dienone is 4. The van der Waals surface area contributed by atoms with Gasteiger partial charge >= 0.3 is 0 Å². The van der Waals surface area contributed by atoms with Crippen LogP contribution in [0.3, 0.4) is 0 Å². The van der Waals surface area contributed by atoms with Crippen LogP contribution < -0.4 is 0 Å². The third-order valence-corrected chi connectivity index (χ3v) is 2.56. The van der Waals surface area contributed by atoms with E-state index in [-0.39, 0.29) is 0 Å². The monoisotopic (exact) mass is 177 g/mol. The molecule has 0 aromatic rings. The average Bonchev–Trinajstić information content (AvgIpc) is 2.15. The van der Waals surface area contributed by atoms with Crippen LogP contribution in [0.4, 0.5) is 0 Å². The molecule has 0 bridgehead atoms. The van der Waals surface area contributed by atoms with Crippen molar-refractivity contribution in [1.29, 1.82) is 5.41 Å². The lowest BCUT2D eigenvalue weighted by atomic mass is 9.88. The van der Waals surface area contributed by atoms with Gasteiger partial charge in [0.15, 0.2) is 0 Å². The Balaban J connectivity index is 2.87. The summed E-state index contributed by atoms with van der Waals surface area (Å²) in [6, 6.07) is 0. The van der Waals surface area contributed by atoms with Crippen LogP contribution in [0.15, 0.2) is 23.3 Å². The summed E-state index contributed by atoms with van der Waals surface area (Å²) in [5, 5.41) is 7.85. The molecule has 0 atom stereocenters. The molecule has 1 aliphatic rings. The second kappa shape index (κ2) is 5.00. The van der Waals surface area contributed by atoms with E-state index in [0.717, 1.165) is 25.0 Å². The Hall–Kier alpha value is -0.850. The van der Waals surface area contributed by atoms with E-state index >= 15 is 0 Å². The number of hydrogen-bond donors (Lipinski definition) is 1. The molecule has 0 fully saturated rings. The first-order valence-corrected chi connectivity index (χ1v) is 5.26. The van der Waals surface area contributed by atoms with Crippen molar-refractivity contribution in [2.24, 2.45) is 0 Å². The minimum Gasteiger partial charge on any atom is -0.305 e. The van der Waals surface area contributed by atoms with Crippen LogP contribution in [0.5, 0.6) is 0 Å². The highest BCUT2D eigenvalue weighted by molar-refractivity contribution is 6.01. The maximum absolute atomic E-state index is 7.85. The molecule has 0 aromatic heterocycles. The molecule has 0 amide bonds. The standard InChI is InChI=1S/C12H19N/c1-3-5-8-11-10(4-2)7-6-9-12(11)13/h5,8,13H,3-4,6-7,9H2,1-2H3/b8-5-,13-12?. The lowest BCUT2D eigenvalue weighted by Gasteiger charge is -2.17. The van der Waals surface area contributed by atoms with Crippen LogP contribution in [-0.4, -0.2) is 5.71 Å². The molecule has 0 spiro atoms. The molecular weight excluding hydrogens is 158 g/mol. The minimum atomic E-state index is 0.841. The van der Waals surface area contributed by atoms with E-state index in [1.165, 1.54) is 24.0 Å². The summed E-state index contributed by atoms with van der Waals surface area (Å²) in [5.74, 6) is 0. The second-order valence-electron chi connectivity index (χ2n) is 3.51. The predicted octanol–water partition coefficient (Wildman–Crippen LogP) is 3.86. The molecule has 13 heavy (non-hydrogen) atoms. The molecule has 0 heterocycles. The fraction of sp³-hybridized carbons (Fsp3) is 0.583. The summed E-state index contributed by atoms with van der Waals surface area (Å²) in [6.45, 7) is 4.32. The van der Waals surface area contributed by atoms with Gasteiger partial charge in [0.2, 0.25) is 0 Å². The van der Waals surface area contributed by atoms with Crippen molar-refractivity contribution in [2.75, 3.05) is 0 Å². The lowest BCUT2D eigenvalue weighted by molar-refractivity contribution is 0.790. The van der Waals surface area contributed by atoms with Gasteiger partial charge in [0.25, 0.3) is 0 Å². The molecule has 0 unspecified atom stereocenters. The van der Waals surface area contributed by atoms with Crippen LogP contribution in [-0.2, 0) is 0 Å². The molecule has 0 aliphatic heterocycles. The van der Waals surface area contributed by atoms with Crippen molar-refractivity contribution in [1.82, 2.24) is 0 Å². The van der Waals surface area contributed by atoms with E-state index < -0.39 is 0 Å². The first-order chi connectivity index (χ1) is 6.29. The molecular formula is C12H19N. The fourth-order valence-corrected chi connectivity index (χ4v) is 1.78. The molecule has 0 radical (unpaired) electrons. The molecule has 0 saturated carbocycles. The zero-order chi connectivity index (χ0) is 9.68. The summed E-state index contributed by atoms with van der Waals surface area (Å²) < 4.78 is 0. The maximum atomic E-state index is 7.85.